The van der Waals surface area contributed by atoms with E-state index in [9.17, 15) is 10.1 Å². The maximum atomic E-state index is 11.2. The maximum Gasteiger partial charge on any atom is 0.333 e. The Balaban J connectivity index is 2.71. The highest BCUT2D eigenvalue weighted by molar-refractivity contribution is 6.32. The molecule has 0 aliphatic rings. The Labute approximate surface area is 116 Å². The Hall–Kier alpha value is -1.88. The van der Waals surface area contributed by atoms with Crippen LogP contribution >= 0.6 is 11.6 Å². The largest absolute Gasteiger partial charge is 0.333 e. The molecule has 0 aliphatic heterocycles. The standard InChI is InChI=1S/C13H14ClN3O2/c1-13(2,3)16-12(14)11(17(18)19)10(15-16)9-7-5-4-6-8-9/h4-8H,1-3H3. The lowest BCUT2D eigenvalue weighted by Crippen LogP contribution is -2.23. The van der Waals surface area contributed by atoms with E-state index in [-0.39, 0.29) is 10.8 Å². The maximum absolute atomic E-state index is 11.2. The molecule has 1 aromatic heterocycles. The minimum atomic E-state index is -0.486. The van der Waals surface area contributed by atoms with Gasteiger partial charge in [-0.1, -0.05) is 41.9 Å². The lowest BCUT2D eigenvalue weighted by atomic mass is 10.1. The first-order chi connectivity index (χ1) is 8.82. The van der Waals surface area contributed by atoms with Gasteiger partial charge in [0, 0.05) is 5.56 Å². The van der Waals surface area contributed by atoms with Gasteiger partial charge in [-0.25, -0.2) is 4.68 Å². The molecule has 0 spiro atoms. The van der Waals surface area contributed by atoms with Crippen molar-refractivity contribution in [1.82, 2.24) is 9.78 Å². The van der Waals surface area contributed by atoms with Crippen LogP contribution in [0, 0.1) is 10.1 Å². The van der Waals surface area contributed by atoms with Gasteiger partial charge in [0.15, 0.2) is 5.69 Å². The van der Waals surface area contributed by atoms with Crippen molar-refractivity contribution in [2.45, 2.75) is 26.3 Å². The number of halogens is 1. The van der Waals surface area contributed by atoms with Crippen LogP contribution in [0.3, 0.4) is 0 Å². The van der Waals surface area contributed by atoms with Gasteiger partial charge in [0.25, 0.3) is 0 Å². The van der Waals surface area contributed by atoms with Gasteiger partial charge < -0.3 is 0 Å². The Bertz CT molecular complexity index is 615. The van der Waals surface area contributed by atoms with Crippen LogP contribution in [0.1, 0.15) is 20.8 Å². The number of nitrogens with zero attached hydrogens (tertiary/aromatic N) is 3. The second-order valence-corrected chi connectivity index (χ2v) is 5.55. The summed E-state index contributed by atoms with van der Waals surface area (Å²) in [6, 6.07) is 9.02. The zero-order valence-electron chi connectivity index (χ0n) is 10.9. The molecule has 0 unspecified atom stereocenters. The van der Waals surface area contributed by atoms with Crippen molar-refractivity contribution in [2.75, 3.05) is 0 Å². The molecule has 19 heavy (non-hydrogen) atoms. The predicted molar refractivity (Wildman–Crippen MR) is 74.3 cm³/mol. The number of aromatic nitrogens is 2. The average molecular weight is 280 g/mol. The van der Waals surface area contributed by atoms with E-state index in [0.29, 0.717) is 11.3 Å². The van der Waals surface area contributed by atoms with Crippen molar-refractivity contribution in [3.05, 3.63) is 45.6 Å². The molecule has 0 N–H and O–H groups in total. The van der Waals surface area contributed by atoms with E-state index in [1.807, 2.05) is 39.0 Å². The van der Waals surface area contributed by atoms with E-state index in [1.165, 1.54) is 4.68 Å². The van der Waals surface area contributed by atoms with E-state index in [0.717, 1.165) is 0 Å². The van der Waals surface area contributed by atoms with Crippen LogP contribution in [0.25, 0.3) is 11.3 Å². The third-order valence-corrected chi connectivity index (χ3v) is 3.01. The Morgan fingerprint density at radius 2 is 1.84 bits per heavy atom. The van der Waals surface area contributed by atoms with Crippen molar-refractivity contribution in [2.24, 2.45) is 0 Å². The molecule has 0 saturated heterocycles. The van der Waals surface area contributed by atoms with Gasteiger partial charge in [-0.3, -0.25) is 10.1 Å². The molecule has 6 heteroatoms. The molecule has 2 rings (SSSR count). The van der Waals surface area contributed by atoms with E-state index >= 15 is 0 Å². The SMILES string of the molecule is CC(C)(C)n1nc(-c2ccccc2)c([N+](=O)[O-])c1Cl. The number of rotatable bonds is 2. The van der Waals surface area contributed by atoms with Crippen LogP contribution in [0.4, 0.5) is 5.69 Å². The van der Waals surface area contributed by atoms with Gasteiger partial charge in [-0.15, -0.1) is 0 Å². The van der Waals surface area contributed by atoms with Gasteiger partial charge in [-0.05, 0) is 20.8 Å². The molecule has 0 saturated carbocycles. The highest BCUT2D eigenvalue weighted by atomic mass is 35.5. The summed E-state index contributed by atoms with van der Waals surface area (Å²) < 4.78 is 1.48. The summed E-state index contributed by atoms with van der Waals surface area (Å²) >= 11 is 6.12. The first-order valence-corrected chi connectivity index (χ1v) is 6.19. The van der Waals surface area contributed by atoms with Crippen LogP contribution in [0.15, 0.2) is 30.3 Å². The molecule has 0 bridgehead atoms. The van der Waals surface area contributed by atoms with Crippen molar-refractivity contribution in [3.8, 4) is 11.3 Å². The summed E-state index contributed by atoms with van der Waals surface area (Å²) in [6.07, 6.45) is 0. The normalized spacial score (nSPS) is 11.6. The molecule has 0 aliphatic carbocycles. The molecular formula is C13H14ClN3O2. The summed E-state index contributed by atoms with van der Waals surface area (Å²) in [7, 11) is 0. The zero-order valence-corrected chi connectivity index (χ0v) is 11.7. The van der Waals surface area contributed by atoms with Crippen molar-refractivity contribution < 1.29 is 4.92 Å². The lowest BCUT2D eigenvalue weighted by molar-refractivity contribution is -0.384. The molecule has 0 fully saturated rings. The predicted octanol–water partition coefficient (Wildman–Crippen LogP) is 3.87. The first kappa shape index (κ1) is 13.5. The Morgan fingerprint density at radius 3 is 2.32 bits per heavy atom. The topological polar surface area (TPSA) is 61.0 Å². The van der Waals surface area contributed by atoms with Crippen LogP contribution in [0.2, 0.25) is 5.15 Å². The number of hydrogen-bond donors (Lipinski definition) is 0. The second kappa shape index (κ2) is 4.66. The van der Waals surface area contributed by atoms with Crippen molar-refractivity contribution in [3.63, 3.8) is 0 Å². The summed E-state index contributed by atoms with van der Waals surface area (Å²) in [4.78, 5) is 10.7. The van der Waals surface area contributed by atoms with Gasteiger partial charge in [-0.2, -0.15) is 5.10 Å². The monoisotopic (exact) mass is 279 g/mol. The Kier molecular flexibility index (Phi) is 3.32. The van der Waals surface area contributed by atoms with E-state index < -0.39 is 10.5 Å². The third-order valence-electron chi connectivity index (χ3n) is 2.67. The molecule has 5 nitrogen and oxygen atoms in total. The fraction of sp³-hybridized carbons (Fsp3) is 0.308. The molecular weight excluding hydrogens is 266 g/mol. The minimum absolute atomic E-state index is 0.0522. The van der Waals surface area contributed by atoms with Crippen LogP contribution in [-0.2, 0) is 5.54 Å². The smallest absolute Gasteiger partial charge is 0.258 e. The number of hydrogen-bond acceptors (Lipinski definition) is 3. The Morgan fingerprint density at radius 1 is 1.26 bits per heavy atom. The number of benzene rings is 1. The minimum Gasteiger partial charge on any atom is -0.258 e. The summed E-state index contributed by atoms with van der Waals surface area (Å²) in [6.45, 7) is 5.68. The highest BCUT2D eigenvalue weighted by Gasteiger charge is 2.31. The van der Waals surface area contributed by atoms with Gasteiger partial charge in [0.05, 0.1) is 10.5 Å². The zero-order chi connectivity index (χ0) is 14.2. The van der Waals surface area contributed by atoms with Crippen LogP contribution in [-0.4, -0.2) is 14.7 Å². The van der Waals surface area contributed by atoms with Gasteiger partial charge >= 0.3 is 5.69 Å². The molecule has 2 aromatic rings. The molecule has 1 aromatic carbocycles. The summed E-state index contributed by atoms with van der Waals surface area (Å²) in [5.41, 5.74) is 0.405. The summed E-state index contributed by atoms with van der Waals surface area (Å²) in [5, 5.41) is 15.6. The van der Waals surface area contributed by atoms with Gasteiger partial charge in [0.2, 0.25) is 5.15 Å². The van der Waals surface area contributed by atoms with E-state index in [1.54, 1.807) is 12.1 Å². The van der Waals surface area contributed by atoms with Crippen LogP contribution < -0.4 is 0 Å². The molecule has 0 radical (unpaired) electrons. The molecule has 0 atom stereocenters. The third kappa shape index (κ3) is 2.46. The second-order valence-electron chi connectivity index (χ2n) is 5.19. The number of nitro groups is 1. The van der Waals surface area contributed by atoms with Gasteiger partial charge in [0.1, 0.15) is 0 Å². The quantitative estimate of drug-likeness (QED) is 0.619. The lowest BCUT2D eigenvalue weighted by Gasteiger charge is -2.19. The van der Waals surface area contributed by atoms with Crippen LogP contribution in [0.5, 0.6) is 0 Å². The fourth-order valence-corrected chi connectivity index (χ4v) is 2.24. The summed E-state index contributed by atoms with van der Waals surface area (Å²) in [5.74, 6) is 0. The van der Waals surface area contributed by atoms with Crippen molar-refractivity contribution >= 4 is 17.3 Å². The van der Waals surface area contributed by atoms with E-state index in [2.05, 4.69) is 5.10 Å². The molecule has 1 heterocycles. The first-order valence-electron chi connectivity index (χ1n) is 5.81. The average Bonchev–Trinajstić information content (AvgIpc) is 2.68. The highest BCUT2D eigenvalue weighted by Crippen LogP contribution is 2.37. The van der Waals surface area contributed by atoms with Crippen molar-refractivity contribution in [1.29, 1.82) is 0 Å². The molecule has 0 amide bonds. The molecule has 100 valence electrons. The fourth-order valence-electron chi connectivity index (χ4n) is 1.79. The van der Waals surface area contributed by atoms with E-state index in [4.69, 9.17) is 11.6 Å².